The molecule has 0 aliphatic carbocycles. The fourth-order valence-electron chi connectivity index (χ4n) is 2.89. The molecule has 4 nitrogen and oxygen atoms in total. The van der Waals surface area contributed by atoms with Crippen molar-refractivity contribution in [2.75, 3.05) is 18.8 Å². The number of carbonyl (C=O) groups excluding carboxylic acids is 2. The molecule has 1 saturated heterocycles. The molecule has 1 atom stereocenters. The molecule has 2 amide bonds. The zero-order valence-corrected chi connectivity index (χ0v) is 15.9. The Kier molecular flexibility index (Phi) is 6.15. The van der Waals surface area contributed by atoms with E-state index in [-0.39, 0.29) is 23.7 Å². The second-order valence-corrected chi connectivity index (χ2v) is 8.07. The SMILES string of the molecule is CCCc1ccc(C(NC(=O)CN2CCSC2=O)c2cccs2)cc1. The molecule has 0 spiro atoms. The van der Waals surface area contributed by atoms with E-state index >= 15 is 0 Å². The van der Waals surface area contributed by atoms with Gasteiger partial charge in [-0.15, -0.1) is 11.3 Å². The van der Waals surface area contributed by atoms with Gasteiger partial charge in [-0.1, -0.05) is 55.4 Å². The van der Waals surface area contributed by atoms with E-state index in [0.717, 1.165) is 29.0 Å². The Hall–Kier alpha value is -1.79. The van der Waals surface area contributed by atoms with Gasteiger partial charge in [0.15, 0.2) is 0 Å². The highest BCUT2D eigenvalue weighted by molar-refractivity contribution is 8.13. The lowest BCUT2D eigenvalue weighted by molar-refractivity contribution is -0.122. The molecule has 6 heteroatoms. The predicted octanol–water partition coefficient (Wildman–Crippen LogP) is 4.08. The largest absolute Gasteiger partial charge is 0.343 e. The highest BCUT2D eigenvalue weighted by atomic mass is 32.2. The highest BCUT2D eigenvalue weighted by Gasteiger charge is 2.25. The van der Waals surface area contributed by atoms with E-state index < -0.39 is 0 Å². The Morgan fingerprint density at radius 1 is 1.28 bits per heavy atom. The van der Waals surface area contributed by atoms with Crippen LogP contribution in [0.2, 0.25) is 0 Å². The summed E-state index contributed by atoms with van der Waals surface area (Å²) in [6.45, 7) is 2.94. The average molecular weight is 375 g/mol. The molecule has 1 aliphatic rings. The van der Waals surface area contributed by atoms with E-state index in [4.69, 9.17) is 0 Å². The van der Waals surface area contributed by atoms with Crippen molar-refractivity contribution in [3.05, 3.63) is 57.8 Å². The van der Waals surface area contributed by atoms with E-state index in [1.807, 2.05) is 17.5 Å². The van der Waals surface area contributed by atoms with Crippen LogP contribution in [0.1, 0.15) is 35.4 Å². The summed E-state index contributed by atoms with van der Waals surface area (Å²) < 4.78 is 0. The minimum Gasteiger partial charge on any atom is -0.343 e. The maximum atomic E-state index is 12.5. The van der Waals surface area contributed by atoms with Crippen LogP contribution in [0.3, 0.4) is 0 Å². The Morgan fingerprint density at radius 3 is 2.68 bits per heavy atom. The van der Waals surface area contributed by atoms with Crippen LogP contribution in [0, 0.1) is 0 Å². The number of carbonyl (C=O) groups is 2. The van der Waals surface area contributed by atoms with Crippen LogP contribution in [-0.2, 0) is 11.2 Å². The Labute approximate surface area is 156 Å². The Bertz CT molecular complexity index is 714. The molecule has 1 aromatic heterocycles. The maximum Gasteiger partial charge on any atom is 0.282 e. The second-order valence-electron chi connectivity index (χ2n) is 6.04. The summed E-state index contributed by atoms with van der Waals surface area (Å²) >= 11 is 2.90. The van der Waals surface area contributed by atoms with E-state index in [2.05, 4.69) is 36.5 Å². The molecule has 1 unspecified atom stereocenters. The monoisotopic (exact) mass is 374 g/mol. The van der Waals surface area contributed by atoms with Gasteiger partial charge >= 0.3 is 0 Å². The molecule has 1 aliphatic heterocycles. The molecule has 0 bridgehead atoms. The normalized spacial score (nSPS) is 15.4. The zero-order valence-electron chi connectivity index (χ0n) is 14.2. The molecule has 0 saturated carbocycles. The van der Waals surface area contributed by atoms with E-state index in [1.54, 1.807) is 16.2 Å². The molecule has 25 heavy (non-hydrogen) atoms. The number of hydrogen-bond acceptors (Lipinski definition) is 4. The summed E-state index contributed by atoms with van der Waals surface area (Å²) in [6, 6.07) is 12.3. The smallest absolute Gasteiger partial charge is 0.282 e. The molecular formula is C19H22N2O2S2. The van der Waals surface area contributed by atoms with Crippen molar-refractivity contribution in [3.8, 4) is 0 Å². The number of rotatable bonds is 7. The van der Waals surface area contributed by atoms with Crippen molar-refractivity contribution in [1.29, 1.82) is 0 Å². The molecule has 132 valence electrons. The van der Waals surface area contributed by atoms with Crippen LogP contribution in [0.25, 0.3) is 0 Å². The molecule has 2 heterocycles. The second kappa shape index (κ2) is 8.54. The van der Waals surface area contributed by atoms with E-state index in [9.17, 15) is 9.59 Å². The van der Waals surface area contributed by atoms with Gasteiger partial charge in [0.25, 0.3) is 5.24 Å². The summed E-state index contributed by atoms with van der Waals surface area (Å²) in [5, 5.41) is 5.11. The average Bonchev–Trinajstić information content (AvgIpc) is 3.27. The molecule has 3 rings (SSSR count). The van der Waals surface area contributed by atoms with Crippen molar-refractivity contribution in [2.24, 2.45) is 0 Å². The summed E-state index contributed by atoms with van der Waals surface area (Å²) in [5.41, 5.74) is 2.37. The van der Waals surface area contributed by atoms with Crippen molar-refractivity contribution >= 4 is 34.2 Å². The molecular weight excluding hydrogens is 352 g/mol. The molecule has 2 aromatic rings. The summed E-state index contributed by atoms with van der Waals surface area (Å²) in [4.78, 5) is 26.9. The van der Waals surface area contributed by atoms with Crippen LogP contribution < -0.4 is 5.32 Å². The first-order chi connectivity index (χ1) is 12.2. The number of benzene rings is 1. The van der Waals surface area contributed by atoms with E-state index in [1.165, 1.54) is 17.3 Å². The van der Waals surface area contributed by atoms with Gasteiger partial charge in [-0.25, -0.2) is 0 Å². The third-order valence-corrected chi connectivity index (χ3v) is 5.99. The molecule has 0 radical (unpaired) electrons. The number of amides is 2. The molecule has 1 fully saturated rings. The van der Waals surface area contributed by atoms with Gasteiger partial charge in [0.2, 0.25) is 5.91 Å². The minimum absolute atomic E-state index is 0.00765. The lowest BCUT2D eigenvalue weighted by Crippen LogP contribution is -2.39. The highest BCUT2D eigenvalue weighted by Crippen LogP contribution is 2.27. The fraction of sp³-hybridized carbons (Fsp3) is 0.368. The number of nitrogens with one attached hydrogen (secondary N) is 1. The summed E-state index contributed by atoms with van der Waals surface area (Å²) in [5.74, 6) is 0.645. The van der Waals surface area contributed by atoms with Crippen molar-refractivity contribution in [3.63, 3.8) is 0 Å². The minimum atomic E-state index is -0.173. The van der Waals surface area contributed by atoms with Crippen LogP contribution in [0.4, 0.5) is 4.79 Å². The lowest BCUT2D eigenvalue weighted by Gasteiger charge is -2.21. The maximum absolute atomic E-state index is 12.5. The van der Waals surface area contributed by atoms with Gasteiger partial charge in [0.05, 0.1) is 6.04 Å². The van der Waals surface area contributed by atoms with Crippen LogP contribution in [0.15, 0.2) is 41.8 Å². The quantitative estimate of drug-likeness (QED) is 0.795. The lowest BCUT2D eigenvalue weighted by atomic mass is 10.0. The van der Waals surface area contributed by atoms with Crippen molar-refractivity contribution in [2.45, 2.75) is 25.8 Å². The van der Waals surface area contributed by atoms with Gasteiger partial charge in [-0.3, -0.25) is 9.59 Å². The molecule has 1 aromatic carbocycles. The van der Waals surface area contributed by atoms with Crippen molar-refractivity contribution in [1.82, 2.24) is 10.2 Å². The predicted molar refractivity (Wildman–Crippen MR) is 104 cm³/mol. The standard InChI is InChI=1S/C19H22N2O2S2/c1-2-4-14-6-8-15(9-7-14)18(16-5-3-11-24-16)20-17(22)13-21-10-12-25-19(21)23/h3,5-9,11,18H,2,4,10,12-13H2,1H3,(H,20,22). The van der Waals surface area contributed by atoms with Crippen LogP contribution in [-0.4, -0.2) is 34.9 Å². The van der Waals surface area contributed by atoms with Gasteiger partial charge in [0, 0.05) is 17.2 Å². The van der Waals surface area contributed by atoms with Crippen LogP contribution in [0.5, 0.6) is 0 Å². The number of thiophene rings is 1. The number of hydrogen-bond donors (Lipinski definition) is 1. The summed E-state index contributed by atoms with van der Waals surface area (Å²) in [6.07, 6.45) is 2.18. The van der Waals surface area contributed by atoms with Gasteiger partial charge < -0.3 is 10.2 Å². The number of nitrogens with zero attached hydrogens (tertiary/aromatic N) is 1. The van der Waals surface area contributed by atoms with E-state index in [0.29, 0.717) is 6.54 Å². The topological polar surface area (TPSA) is 49.4 Å². The first-order valence-electron chi connectivity index (χ1n) is 8.50. The third kappa shape index (κ3) is 4.64. The van der Waals surface area contributed by atoms with Crippen LogP contribution >= 0.6 is 23.1 Å². The fourth-order valence-corrected chi connectivity index (χ4v) is 4.52. The Morgan fingerprint density at radius 2 is 2.08 bits per heavy atom. The van der Waals surface area contributed by atoms with Crippen molar-refractivity contribution < 1.29 is 9.59 Å². The number of thioether (sulfide) groups is 1. The summed E-state index contributed by atoms with van der Waals surface area (Å²) in [7, 11) is 0. The Balaban J connectivity index is 1.73. The molecule has 1 N–H and O–H groups in total. The number of aryl methyl sites for hydroxylation is 1. The van der Waals surface area contributed by atoms with Gasteiger partial charge in [-0.05, 0) is 29.0 Å². The van der Waals surface area contributed by atoms with Gasteiger partial charge in [0.1, 0.15) is 6.54 Å². The van der Waals surface area contributed by atoms with Gasteiger partial charge in [-0.2, -0.15) is 0 Å². The third-order valence-electron chi connectivity index (χ3n) is 4.16. The first-order valence-corrected chi connectivity index (χ1v) is 10.4. The zero-order chi connectivity index (χ0) is 17.6. The first kappa shape index (κ1) is 18.0.